The normalized spacial score (nSPS) is 11.8. The maximum atomic E-state index is 11.7. The average molecular weight is 224 g/mol. The van der Waals surface area contributed by atoms with Crippen molar-refractivity contribution in [3.05, 3.63) is 21.7 Å². The summed E-state index contributed by atoms with van der Waals surface area (Å²) < 4.78 is 0. The van der Waals surface area contributed by atoms with E-state index in [1.807, 2.05) is 20.8 Å². The van der Waals surface area contributed by atoms with E-state index in [-0.39, 0.29) is 11.4 Å². The smallest absolute Gasteiger partial charge is 0.256 e. The molecule has 0 aliphatic carbocycles. The number of aromatic amines is 1. The topological polar surface area (TPSA) is 97.8 Å². The van der Waals surface area contributed by atoms with Crippen LogP contribution in [0.25, 0.3) is 0 Å². The molecule has 0 amide bonds. The van der Waals surface area contributed by atoms with Crippen LogP contribution in [0.1, 0.15) is 45.0 Å². The third-order valence-electron chi connectivity index (χ3n) is 3.13. The summed E-state index contributed by atoms with van der Waals surface area (Å²) in [4.78, 5) is 18.7. The summed E-state index contributed by atoms with van der Waals surface area (Å²) >= 11 is 0. The fourth-order valence-electron chi connectivity index (χ4n) is 1.68. The first kappa shape index (κ1) is 12.7. The van der Waals surface area contributed by atoms with Gasteiger partial charge in [0.05, 0.1) is 11.1 Å². The lowest BCUT2D eigenvalue weighted by Gasteiger charge is -2.25. The SMILES string of the molecule is CCc1c(N)nc(C(N)(CC)CC)[nH]c1=O. The number of nitrogen functional groups attached to an aromatic ring is 1. The largest absolute Gasteiger partial charge is 0.383 e. The third kappa shape index (κ3) is 2.09. The molecule has 5 N–H and O–H groups in total. The van der Waals surface area contributed by atoms with Crippen LogP contribution in [-0.4, -0.2) is 9.97 Å². The van der Waals surface area contributed by atoms with Crippen LogP contribution in [0, 0.1) is 0 Å². The lowest BCUT2D eigenvalue weighted by Crippen LogP contribution is -2.39. The van der Waals surface area contributed by atoms with Gasteiger partial charge in [-0.3, -0.25) is 4.79 Å². The number of anilines is 1. The first-order valence-electron chi connectivity index (χ1n) is 5.66. The highest BCUT2D eigenvalue weighted by Gasteiger charge is 2.26. The molecule has 5 nitrogen and oxygen atoms in total. The van der Waals surface area contributed by atoms with Crippen molar-refractivity contribution in [2.75, 3.05) is 5.73 Å². The van der Waals surface area contributed by atoms with Gasteiger partial charge < -0.3 is 16.5 Å². The summed E-state index contributed by atoms with van der Waals surface area (Å²) in [7, 11) is 0. The highest BCUT2D eigenvalue weighted by molar-refractivity contribution is 5.38. The van der Waals surface area contributed by atoms with Gasteiger partial charge in [-0.1, -0.05) is 20.8 Å². The van der Waals surface area contributed by atoms with Crippen molar-refractivity contribution in [1.82, 2.24) is 9.97 Å². The van der Waals surface area contributed by atoms with Crippen LogP contribution in [0.4, 0.5) is 5.82 Å². The van der Waals surface area contributed by atoms with Crippen molar-refractivity contribution in [2.45, 2.75) is 45.6 Å². The monoisotopic (exact) mass is 224 g/mol. The second-order valence-electron chi connectivity index (χ2n) is 4.00. The highest BCUT2D eigenvalue weighted by Crippen LogP contribution is 2.22. The summed E-state index contributed by atoms with van der Waals surface area (Å²) in [6.45, 7) is 5.80. The molecule has 1 aromatic rings. The fourth-order valence-corrected chi connectivity index (χ4v) is 1.68. The van der Waals surface area contributed by atoms with E-state index >= 15 is 0 Å². The molecule has 0 radical (unpaired) electrons. The Kier molecular flexibility index (Phi) is 3.70. The van der Waals surface area contributed by atoms with Gasteiger partial charge in [0, 0.05) is 0 Å². The molecule has 1 aromatic heterocycles. The van der Waals surface area contributed by atoms with E-state index in [0.29, 0.717) is 30.7 Å². The van der Waals surface area contributed by atoms with Gasteiger partial charge in [-0.25, -0.2) is 4.98 Å². The van der Waals surface area contributed by atoms with Crippen molar-refractivity contribution >= 4 is 5.82 Å². The third-order valence-corrected chi connectivity index (χ3v) is 3.13. The molecule has 1 rings (SSSR count). The zero-order chi connectivity index (χ0) is 12.3. The number of hydrogen-bond acceptors (Lipinski definition) is 4. The van der Waals surface area contributed by atoms with Gasteiger partial charge in [-0.05, 0) is 19.3 Å². The zero-order valence-electron chi connectivity index (χ0n) is 10.1. The second-order valence-corrected chi connectivity index (χ2v) is 4.00. The van der Waals surface area contributed by atoms with Crippen LogP contribution >= 0.6 is 0 Å². The minimum absolute atomic E-state index is 0.179. The minimum atomic E-state index is -0.598. The number of aromatic nitrogens is 2. The maximum absolute atomic E-state index is 11.7. The van der Waals surface area contributed by atoms with Crippen LogP contribution in [-0.2, 0) is 12.0 Å². The van der Waals surface area contributed by atoms with E-state index in [1.165, 1.54) is 0 Å². The second kappa shape index (κ2) is 4.65. The number of nitrogens with zero attached hydrogens (tertiary/aromatic N) is 1. The van der Waals surface area contributed by atoms with Gasteiger partial charge in [-0.15, -0.1) is 0 Å². The van der Waals surface area contributed by atoms with Crippen molar-refractivity contribution in [3.8, 4) is 0 Å². The van der Waals surface area contributed by atoms with Crippen molar-refractivity contribution in [2.24, 2.45) is 5.73 Å². The molecule has 0 bridgehead atoms. The molecular formula is C11H20N4O. The Bertz CT molecular complexity index is 420. The quantitative estimate of drug-likeness (QED) is 0.707. The van der Waals surface area contributed by atoms with E-state index in [0.717, 1.165) is 0 Å². The summed E-state index contributed by atoms with van der Waals surface area (Å²) in [5, 5.41) is 0. The number of nitrogens with two attached hydrogens (primary N) is 2. The molecule has 0 unspecified atom stereocenters. The first-order valence-corrected chi connectivity index (χ1v) is 5.66. The summed E-state index contributed by atoms with van der Waals surface area (Å²) in [6, 6.07) is 0. The Balaban J connectivity index is 3.33. The molecule has 0 aliphatic heterocycles. The number of rotatable bonds is 4. The predicted molar refractivity (Wildman–Crippen MR) is 65.1 cm³/mol. The lowest BCUT2D eigenvalue weighted by atomic mass is 9.93. The zero-order valence-corrected chi connectivity index (χ0v) is 10.1. The summed E-state index contributed by atoms with van der Waals surface area (Å²) in [6.07, 6.45) is 1.99. The highest BCUT2D eigenvalue weighted by atomic mass is 16.1. The van der Waals surface area contributed by atoms with Crippen LogP contribution < -0.4 is 17.0 Å². The van der Waals surface area contributed by atoms with E-state index in [4.69, 9.17) is 11.5 Å². The first-order chi connectivity index (χ1) is 7.48. The van der Waals surface area contributed by atoms with Crippen molar-refractivity contribution in [3.63, 3.8) is 0 Å². The summed E-state index contributed by atoms with van der Waals surface area (Å²) in [5.74, 6) is 0.773. The molecular weight excluding hydrogens is 204 g/mol. The molecule has 0 saturated carbocycles. The van der Waals surface area contributed by atoms with Gasteiger partial charge in [-0.2, -0.15) is 0 Å². The summed E-state index contributed by atoms with van der Waals surface area (Å²) in [5.41, 5.74) is 11.7. The predicted octanol–water partition coefficient (Wildman–Crippen LogP) is 0.888. The molecule has 16 heavy (non-hydrogen) atoms. The number of H-pyrrole nitrogens is 1. The van der Waals surface area contributed by atoms with Crippen LogP contribution in [0.5, 0.6) is 0 Å². The minimum Gasteiger partial charge on any atom is -0.383 e. The van der Waals surface area contributed by atoms with E-state index < -0.39 is 5.54 Å². The molecule has 5 heteroatoms. The molecule has 1 heterocycles. The lowest BCUT2D eigenvalue weighted by molar-refractivity contribution is 0.386. The number of hydrogen-bond donors (Lipinski definition) is 3. The Morgan fingerprint density at radius 3 is 2.25 bits per heavy atom. The molecule has 0 fully saturated rings. The molecule has 0 saturated heterocycles. The Morgan fingerprint density at radius 1 is 1.31 bits per heavy atom. The Morgan fingerprint density at radius 2 is 1.88 bits per heavy atom. The van der Waals surface area contributed by atoms with Crippen LogP contribution in [0.15, 0.2) is 4.79 Å². The Hall–Kier alpha value is -1.36. The van der Waals surface area contributed by atoms with Gasteiger partial charge in [0.25, 0.3) is 5.56 Å². The van der Waals surface area contributed by atoms with Gasteiger partial charge >= 0.3 is 0 Å². The molecule has 0 aromatic carbocycles. The van der Waals surface area contributed by atoms with E-state index in [9.17, 15) is 4.79 Å². The number of nitrogens with one attached hydrogen (secondary N) is 1. The van der Waals surface area contributed by atoms with E-state index in [2.05, 4.69) is 9.97 Å². The van der Waals surface area contributed by atoms with Gasteiger partial charge in [0.1, 0.15) is 11.6 Å². The van der Waals surface area contributed by atoms with Crippen molar-refractivity contribution in [1.29, 1.82) is 0 Å². The van der Waals surface area contributed by atoms with Crippen LogP contribution in [0.2, 0.25) is 0 Å². The standard InChI is InChI=1S/C11H20N4O/c1-4-7-8(12)14-10(15-9(7)16)11(13,5-2)6-3/h4-6,13H2,1-3H3,(H3,12,14,15,16). The van der Waals surface area contributed by atoms with Gasteiger partial charge in [0.15, 0.2) is 0 Å². The van der Waals surface area contributed by atoms with Crippen molar-refractivity contribution < 1.29 is 0 Å². The fraction of sp³-hybridized carbons (Fsp3) is 0.636. The maximum Gasteiger partial charge on any atom is 0.256 e. The van der Waals surface area contributed by atoms with Gasteiger partial charge in [0.2, 0.25) is 0 Å². The average Bonchev–Trinajstić information content (AvgIpc) is 2.27. The molecule has 0 aliphatic rings. The Labute approximate surface area is 95.3 Å². The molecule has 0 spiro atoms. The molecule has 90 valence electrons. The van der Waals surface area contributed by atoms with E-state index in [1.54, 1.807) is 0 Å². The molecule has 0 atom stereocenters. The van der Waals surface area contributed by atoms with Crippen LogP contribution in [0.3, 0.4) is 0 Å².